The maximum Gasteiger partial charge on any atom is 0.528 e. The van der Waals surface area contributed by atoms with Gasteiger partial charge in [-0.05, 0) is 89.1 Å². The quantitative estimate of drug-likeness (QED) is 0.119. The average molecular weight is 751 g/mol. The van der Waals surface area contributed by atoms with Crippen molar-refractivity contribution >= 4 is 29.6 Å². The number of ether oxygens (including phenoxy) is 7. The van der Waals surface area contributed by atoms with E-state index >= 15 is 0 Å². The van der Waals surface area contributed by atoms with Gasteiger partial charge in [0, 0.05) is 31.9 Å². The van der Waals surface area contributed by atoms with Crippen LogP contribution in [-0.2, 0) is 23.8 Å². The number of nitrogens with zero attached hydrogens (tertiary/aromatic N) is 1. The van der Waals surface area contributed by atoms with Crippen LogP contribution < -0.4 is 19.5 Å². The standard InChI is InChI=1S/C39H46N2O13/c1-24(42)29-19-27(14-16-32(29)50-22-47-5)36(44)40-31-21-41(54-38(46)53-39(2,3)4)18-8-9-34(31)52-37(45)26-12-10-25(11-13-26)35(43)30-20-28(49-7)15-17-33(30)51-23-48-6/h10-17,19-20,31,34H,8-9,18,21-23H2,1-7H3,(H,40,44)/t31-,34-/m1/s1. The van der Waals surface area contributed by atoms with Crippen LogP contribution in [0.2, 0.25) is 0 Å². The molecule has 15 nitrogen and oxygen atoms in total. The van der Waals surface area contributed by atoms with Gasteiger partial charge in [0.1, 0.15) is 29.0 Å². The average Bonchev–Trinajstić information content (AvgIpc) is 3.32. The van der Waals surface area contributed by atoms with Crippen molar-refractivity contribution < 1.29 is 62.0 Å². The van der Waals surface area contributed by atoms with Gasteiger partial charge in [-0.3, -0.25) is 14.4 Å². The summed E-state index contributed by atoms with van der Waals surface area (Å²) in [5.74, 6) is -0.983. The van der Waals surface area contributed by atoms with Crippen molar-refractivity contribution in [1.29, 1.82) is 0 Å². The van der Waals surface area contributed by atoms with Crippen LogP contribution in [0.5, 0.6) is 17.2 Å². The number of nitrogens with one attached hydrogen (secondary N) is 1. The third-order valence-corrected chi connectivity index (χ3v) is 8.01. The van der Waals surface area contributed by atoms with Crippen LogP contribution in [0.25, 0.3) is 0 Å². The van der Waals surface area contributed by atoms with Gasteiger partial charge in [0.05, 0.1) is 36.4 Å². The Morgan fingerprint density at radius 1 is 0.796 bits per heavy atom. The highest BCUT2D eigenvalue weighted by Crippen LogP contribution is 2.28. The molecule has 1 saturated heterocycles. The van der Waals surface area contributed by atoms with E-state index in [0.29, 0.717) is 24.3 Å². The van der Waals surface area contributed by atoms with Crippen LogP contribution in [0.15, 0.2) is 60.7 Å². The van der Waals surface area contributed by atoms with E-state index in [9.17, 15) is 24.0 Å². The van der Waals surface area contributed by atoms with Crippen molar-refractivity contribution in [2.24, 2.45) is 0 Å². The van der Waals surface area contributed by atoms with Gasteiger partial charge in [0.2, 0.25) is 0 Å². The summed E-state index contributed by atoms with van der Waals surface area (Å²) in [5.41, 5.74) is 0.180. The summed E-state index contributed by atoms with van der Waals surface area (Å²) >= 11 is 0. The number of carbonyl (C=O) groups excluding carboxylic acids is 5. The molecule has 3 aromatic rings. The SMILES string of the molecule is COCOc1ccc(C(=O)N[C@@H]2CN(OC(=O)OC(C)(C)C)CCC[C@H]2OC(=O)c2ccc(C(=O)c3cc(OC)ccc3OCOC)cc2)cc1C(C)=O. The second-order valence-corrected chi connectivity index (χ2v) is 13.2. The maximum absolute atomic E-state index is 13.6. The first kappa shape index (κ1) is 41.2. The van der Waals surface area contributed by atoms with E-state index in [2.05, 4.69) is 5.32 Å². The largest absolute Gasteiger partial charge is 0.528 e. The van der Waals surface area contributed by atoms with Crippen LogP contribution in [0.4, 0.5) is 4.79 Å². The monoisotopic (exact) mass is 750 g/mol. The predicted octanol–water partition coefficient (Wildman–Crippen LogP) is 5.38. The number of methoxy groups -OCH3 is 3. The number of esters is 1. The van der Waals surface area contributed by atoms with Crippen LogP contribution in [0, 0.1) is 0 Å². The van der Waals surface area contributed by atoms with Gasteiger partial charge in [-0.1, -0.05) is 12.1 Å². The molecule has 1 heterocycles. The first-order chi connectivity index (χ1) is 25.7. The molecule has 290 valence electrons. The van der Waals surface area contributed by atoms with Crippen molar-refractivity contribution in [3.63, 3.8) is 0 Å². The number of hydrogen-bond donors (Lipinski definition) is 1. The lowest BCUT2D eigenvalue weighted by Crippen LogP contribution is -2.50. The summed E-state index contributed by atoms with van der Waals surface area (Å²) in [7, 11) is 4.39. The lowest BCUT2D eigenvalue weighted by molar-refractivity contribution is -0.144. The number of carbonyl (C=O) groups is 5. The van der Waals surface area contributed by atoms with E-state index in [1.54, 1.807) is 39.0 Å². The Morgan fingerprint density at radius 2 is 1.41 bits per heavy atom. The van der Waals surface area contributed by atoms with E-state index in [4.69, 9.17) is 38.0 Å². The summed E-state index contributed by atoms with van der Waals surface area (Å²) in [4.78, 5) is 71.1. The zero-order valence-electron chi connectivity index (χ0n) is 31.4. The highest BCUT2D eigenvalue weighted by atomic mass is 16.8. The Kier molecular flexibility index (Phi) is 14.5. The molecule has 15 heteroatoms. The van der Waals surface area contributed by atoms with E-state index in [0.717, 1.165) is 0 Å². The van der Waals surface area contributed by atoms with Crippen LogP contribution in [0.1, 0.15) is 87.5 Å². The number of amides is 1. The number of hydrogen-bond acceptors (Lipinski definition) is 14. The smallest absolute Gasteiger partial charge is 0.497 e. The third kappa shape index (κ3) is 11.5. The van der Waals surface area contributed by atoms with Gasteiger partial charge in [-0.25, -0.2) is 9.59 Å². The molecule has 0 aromatic heterocycles. The molecule has 1 aliphatic heterocycles. The molecule has 0 aliphatic carbocycles. The molecule has 1 amide bonds. The summed E-state index contributed by atoms with van der Waals surface area (Å²) in [6.45, 7) is 6.49. The molecule has 2 atom stereocenters. The lowest BCUT2D eigenvalue weighted by atomic mass is 10.0. The van der Waals surface area contributed by atoms with Gasteiger partial charge in [0.25, 0.3) is 5.91 Å². The molecule has 0 radical (unpaired) electrons. The van der Waals surface area contributed by atoms with Crippen molar-refractivity contribution in [3.8, 4) is 17.2 Å². The molecule has 0 saturated carbocycles. The van der Waals surface area contributed by atoms with E-state index in [-0.39, 0.29) is 71.8 Å². The Morgan fingerprint density at radius 3 is 2.02 bits per heavy atom. The predicted molar refractivity (Wildman–Crippen MR) is 193 cm³/mol. The minimum atomic E-state index is -0.929. The minimum Gasteiger partial charge on any atom is -0.497 e. The molecule has 0 unspecified atom stereocenters. The Hall–Kier alpha value is -5.51. The van der Waals surface area contributed by atoms with Gasteiger partial charge >= 0.3 is 12.1 Å². The van der Waals surface area contributed by atoms with Gasteiger partial charge < -0.3 is 43.3 Å². The van der Waals surface area contributed by atoms with E-state index in [1.807, 2.05) is 0 Å². The molecule has 1 aliphatic rings. The first-order valence-corrected chi connectivity index (χ1v) is 17.1. The fourth-order valence-electron chi connectivity index (χ4n) is 5.46. The maximum atomic E-state index is 13.6. The van der Waals surface area contributed by atoms with Crippen LogP contribution in [-0.4, -0.2) is 100 Å². The zero-order chi connectivity index (χ0) is 39.4. The second kappa shape index (κ2) is 19.0. The van der Waals surface area contributed by atoms with Crippen molar-refractivity contribution in [2.45, 2.75) is 58.3 Å². The Labute approximate surface area is 313 Å². The van der Waals surface area contributed by atoms with Gasteiger partial charge in [-0.2, -0.15) is 0 Å². The number of rotatable bonds is 15. The second-order valence-electron chi connectivity index (χ2n) is 13.2. The van der Waals surface area contributed by atoms with Crippen LogP contribution >= 0.6 is 0 Å². The number of ketones is 2. The Balaban J connectivity index is 1.56. The highest BCUT2D eigenvalue weighted by Gasteiger charge is 2.34. The lowest BCUT2D eigenvalue weighted by Gasteiger charge is -2.29. The van der Waals surface area contributed by atoms with Crippen molar-refractivity contribution in [1.82, 2.24) is 10.4 Å². The topological polar surface area (TPSA) is 174 Å². The van der Waals surface area contributed by atoms with E-state index in [1.165, 1.54) is 75.8 Å². The number of benzene rings is 3. The molecule has 0 spiro atoms. The molecule has 4 rings (SSSR count). The van der Waals surface area contributed by atoms with Crippen molar-refractivity contribution in [3.05, 3.63) is 88.5 Å². The summed E-state index contributed by atoms with van der Waals surface area (Å²) in [5, 5.41) is 4.24. The normalized spacial score (nSPS) is 16.0. The molecular formula is C39H46N2O13. The minimum absolute atomic E-state index is 0.0566. The molecule has 54 heavy (non-hydrogen) atoms. The summed E-state index contributed by atoms with van der Waals surface area (Å²) in [6, 6.07) is 14.2. The highest BCUT2D eigenvalue weighted by molar-refractivity contribution is 6.11. The molecular weight excluding hydrogens is 704 g/mol. The third-order valence-electron chi connectivity index (χ3n) is 8.01. The van der Waals surface area contributed by atoms with Crippen LogP contribution in [0.3, 0.4) is 0 Å². The summed E-state index contributed by atoms with van der Waals surface area (Å²) in [6.07, 6.45) is -1.08. The van der Waals surface area contributed by atoms with Gasteiger partial charge in [-0.15, -0.1) is 5.06 Å². The van der Waals surface area contributed by atoms with Crippen molar-refractivity contribution in [2.75, 3.05) is 48.0 Å². The number of hydroxylamine groups is 2. The fraction of sp³-hybridized carbons (Fsp3) is 0.410. The Bertz CT molecular complexity index is 1800. The summed E-state index contributed by atoms with van der Waals surface area (Å²) < 4.78 is 37.5. The number of Topliss-reactive ketones (excluding diaryl/α,β-unsaturated/α-hetero) is 1. The molecule has 3 aromatic carbocycles. The molecule has 0 bridgehead atoms. The molecule has 1 fully saturated rings. The molecule has 1 N–H and O–H groups in total. The first-order valence-electron chi connectivity index (χ1n) is 17.1. The zero-order valence-corrected chi connectivity index (χ0v) is 31.4. The van der Waals surface area contributed by atoms with Gasteiger partial charge in [0.15, 0.2) is 25.2 Å². The fourth-order valence-corrected chi connectivity index (χ4v) is 5.46. The van der Waals surface area contributed by atoms with E-state index < -0.39 is 35.8 Å².